The van der Waals surface area contributed by atoms with Crippen molar-refractivity contribution in [2.45, 2.75) is 38.9 Å². The topological polar surface area (TPSA) is 58.6 Å². The van der Waals surface area contributed by atoms with E-state index in [1.165, 1.54) is 11.3 Å². The van der Waals surface area contributed by atoms with E-state index in [1.54, 1.807) is 27.7 Å². The fourth-order valence-corrected chi connectivity index (χ4v) is 2.01. The van der Waals surface area contributed by atoms with Crippen LogP contribution < -0.4 is 5.32 Å². The minimum Gasteiger partial charge on any atom is -0.444 e. The summed E-state index contributed by atoms with van der Waals surface area (Å²) < 4.78 is 5.09. The Kier molecular flexibility index (Phi) is 4.16. The Morgan fingerprint density at radius 1 is 1.47 bits per heavy atom. The van der Waals surface area contributed by atoms with Gasteiger partial charge in [0, 0.05) is 0 Å². The van der Waals surface area contributed by atoms with Crippen LogP contribution in [-0.4, -0.2) is 23.3 Å². The van der Waals surface area contributed by atoms with Crippen molar-refractivity contribution in [2.24, 2.45) is 0 Å². The molecule has 0 bridgehead atoms. The number of aliphatic hydroxyl groups is 1. The monoisotopic (exact) mass is 257 g/mol. The van der Waals surface area contributed by atoms with Crippen LogP contribution in [0, 0.1) is 0 Å². The highest BCUT2D eigenvalue weighted by Crippen LogP contribution is 2.22. The summed E-state index contributed by atoms with van der Waals surface area (Å²) in [5, 5.41) is 16.5. The Balaban J connectivity index is 2.48. The third-order valence-corrected chi connectivity index (χ3v) is 2.80. The van der Waals surface area contributed by atoms with Crippen LogP contribution in [0.1, 0.15) is 33.3 Å². The molecule has 17 heavy (non-hydrogen) atoms. The summed E-state index contributed by atoms with van der Waals surface area (Å²) in [5.74, 6) is 0. The molecule has 1 aromatic heterocycles. The molecule has 1 aromatic rings. The highest BCUT2D eigenvalue weighted by Gasteiger charge is 2.25. The zero-order valence-electron chi connectivity index (χ0n) is 10.6. The maximum atomic E-state index is 11.4. The molecule has 2 N–H and O–H groups in total. The number of ether oxygens (including phenoxy) is 1. The third kappa shape index (κ3) is 4.75. The zero-order valence-corrected chi connectivity index (χ0v) is 11.4. The van der Waals surface area contributed by atoms with Crippen molar-refractivity contribution in [1.29, 1.82) is 0 Å². The van der Waals surface area contributed by atoms with E-state index >= 15 is 0 Å². The first kappa shape index (κ1) is 14.0. The van der Waals surface area contributed by atoms with Gasteiger partial charge in [0.15, 0.2) is 0 Å². The molecule has 5 heteroatoms. The van der Waals surface area contributed by atoms with E-state index in [0.717, 1.165) is 5.56 Å². The second-order valence-corrected chi connectivity index (χ2v) is 5.92. The van der Waals surface area contributed by atoms with Gasteiger partial charge in [0.05, 0.1) is 6.54 Å². The quantitative estimate of drug-likeness (QED) is 0.874. The van der Waals surface area contributed by atoms with Crippen LogP contribution in [0.15, 0.2) is 16.8 Å². The van der Waals surface area contributed by atoms with Crippen molar-refractivity contribution >= 4 is 17.4 Å². The normalized spacial score (nSPS) is 15.1. The van der Waals surface area contributed by atoms with Gasteiger partial charge in [-0.3, -0.25) is 0 Å². The molecule has 0 aliphatic rings. The molecule has 0 aromatic carbocycles. The van der Waals surface area contributed by atoms with E-state index in [4.69, 9.17) is 4.74 Å². The van der Waals surface area contributed by atoms with Crippen molar-refractivity contribution < 1.29 is 14.6 Å². The van der Waals surface area contributed by atoms with Gasteiger partial charge in [-0.05, 0) is 50.1 Å². The molecule has 96 valence electrons. The molecule has 4 nitrogen and oxygen atoms in total. The van der Waals surface area contributed by atoms with Crippen LogP contribution in [0.2, 0.25) is 0 Å². The van der Waals surface area contributed by atoms with Crippen molar-refractivity contribution in [3.05, 3.63) is 22.4 Å². The molecule has 1 unspecified atom stereocenters. The number of hydrogen-bond acceptors (Lipinski definition) is 4. The summed E-state index contributed by atoms with van der Waals surface area (Å²) in [6, 6.07) is 1.83. The summed E-state index contributed by atoms with van der Waals surface area (Å²) in [7, 11) is 0. The fraction of sp³-hybridized carbons (Fsp3) is 0.583. The highest BCUT2D eigenvalue weighted by atomic mass is 32.1. The van der Waals surface area contributed by atoms with Crippen molar-refractivity contribution in [3.63, 3.8) is 0 Å². The predicted molar refractivity (Wildman–Crippen MR) is 68.1 cm³/mol. The second-order valence-electron chi connectivity index (χ2n) is 5.14. The average molecular weight is 257 g/mol. The van der Waals surface area contributed by atoms with Gasteiger partial charge < -0.3 is 15.2 Å². The third-order valence-electron chi connectivity index (χ3n) is 2.12. The summed E-state index contributed by atoms with van der Waals surface area (Å²) in [5.41, 5.74) is -0.812. The van der Waals surface area contributed by atoms with E-state index in [0.29, 0.717) is 0 Å². The molecular weight excluding hydrogens is 238 g/mol. The standard InChI is InChI=1S/C12H19NO3S/c1-11(2,3)16-10(14)13-8-12(4,15)9-5-6-17-7-9/h5-7,15H,8H2,1-4H3,(H,13,14). The van der Waals surface area contributed by atoms with Gasteiger partial charge >= 0.3 is 6.09 Å². The lowest BCUT2D eigenvalue weighted by atomic mass is 10.00. The van der Waals surface area contributed by atoms with Gasteiger partial charge in [-0.1, -0.05) is 0 Å². The van der Waals surface area contributed by atoms with E-state index in [-0.39, 0.29) is 6.54 Å². The van der Waals surface area contributed by atoms with Crippen molar-refractivity contribution in [3.8, 4) is 0 Å². The van der Waals surface area contributed by atoms with Gasteiger partial charge in [0.2, 0.25) is 0 Å². The molecule has 0 radical (unpaired) electrons. The number of carbonyl (C=O) groups is 1. The number of amides is 1. The fourth-order valence-electron chi connectivity index (χ4n) is 1.23. The van der Waals surface area contributed by atoms with Gasteiger partial charge in [0.1, 0.15) is 11.2 Å². The maximum Gasteiger partial charge on any atom is 0.407 e. The van der Waals surface area contributed by atoms with Crippen molar-refractivity contribution in [2.75, 3.05) is 6.54 Å². The second kappa shape index (κ2) is 5.06. The highest BCUT2D eigenvalue weighted by molar-refractivity contribution is 7.08. The predicted octanol–water partition coefficient (Wildman–Crippen LogP) is 2.48. The summed E-state index contributed by atoms with van der Waals surface area (Å²) >= 11 is 1.51. The first-order valence-corrected chi connectivity index (χ1v) is 6.37. The lowest BCUT2D eigenvalue weighted by Crippen LogP contribution is -2.41. The minimum atomic E-state index is -1.07. The molecule has 1 amide bonds. The Morgan fingerprint density at radius 3 is 2.59 bits per heavy atom. The number of carbonyl (C=O) groups excluding carboxylic acids is 1. The van der Waals surface area contributed by atoms with Gasteiger partial charge in [-0.2, -0.15) is 11.3 Å². The van der Waals surface area contributed by atoms with E-state index in [2.05, 4.69) is 5.32 Å². The lowest BCUT2D eigenvalue weighted by Gasteiger charge is -2.25. The molecule has 0 spiro atoms. The molecule has 1 atom stereocenters. The first-order valence-electron chi connectivity index (χ1n) is 5.43. The Morgan fingerprint density at radius 2 is 2.12 bits per heavy atom. The number of nitrogens with one attached hydrogen (secondary N) is 1. The average Bonchev–Trinajstić information content (AvgIpc) is 2.65. The molecular formula is C12H19NO3S. The van der Waals surface area contributed by atoms with Gasteiger partial charge in [-0.15, -0.1) is 0 Å². The van der Waals surface area contributed by atoms with Crippen LogP contribution in [0.3, 0.4) is 0 Å². The molecule has 0 saturated carbocycles. The summed E-state index contributed by atoms with van der Waals surface area (Å²) in [4.78, 5) is 11.4. The van der Waals surface area contributed by atoms with Gasteiger partial charge in [-0.25, -0.2) is 4.79 Å². The van der Waals surface area contributed by atoms with Crippen LogP contribution in [0.25, 0.3) is 0 Å². The maximum absolute atomic E-state index is 11.4. The number of alkyl carbamates (subject to hydrolysis) is 1. The molecule has 1 heterocycles. The van der Waals surface area contributed by atoms with Crippen LogP contribution >= 0.6 is 11.3 Å². The summed E-state index contributed by atoms with van der Waals surface area (Å²) in [6.45, 7) is 7.17. The smallest absolute Gasteiger partial charge is 0.407 e. The van der Waals surface area contributed by atoms with Crippen LogP contribution in [0.5, 0.6) is 0 Å². The van der Waals surface area contributed by atoms with E-state index < -0.39 is 17.3 Å². The number of rotatable bonds is 3. The zero-order chi connectivity index (χ0) is 13.1. The molecule has 1 rings (SSSR count). The SMILES string of the molecule is CC(C)(C)OC(=O)NCC(C)(O)c1ccsc1. The van der Waals surface area contributed by atoms with Crippen molar-refractivity contribution in [1.82, 2.24) is 5.32 Å². The molecule has 0 fully saturated rings. The lowest BCUT2D eigenvalue weighted by molar-refractivity contribution is 0.0318. The largest absolute Gasteiger partial charge is 0.444 e. The van der Waals surface area contributed by atoms with Crippen LogP contribution in [0.4, 0.5) is 4.79 Å². The Labute approximate surface area is 106 Å². The molecule has 0 saturated heterocycles. The number of thiophene rings is 1. The molecule has 0 aliphatic heterocycles. The van der Waals surface area contributed by atoms with Crippen LogP contribution in [-0.2, 0) is 10.3 Å². The summed E-state index contributed by atoms with van der Waals surface area (Å²) in [6.07, 6.45) is -0.520. The van der Waals surface area contributed by atoms with Gasteiger partial charge in [0.25, 0.3) is 0 Å². The Hall–Kier alpha value is -1.07. The minimum absolute atomic E-state index is 0.124. The van der Waals surface area contributed by atoms with E-state index in [9.17, 15) is 9.90 Å². The first-order chi connectivity index (χ1) is 7.71. The molecule has 0 aliphatic carbocycles. The van der Waals surface area contributed by atoms with E-state index in [1.807, 2.05) is 16.8 Å². The Bertz CT molecular complexity index is 366. The number of hydrogen-bond donors (Lipinski definition) is 2.